The highest BCUT2D eigenvalue weighted by Gasteiger charge is 2.20. The molecule has 1 aromatic carbocycles. The zero-order chi connectivity index (χ0) is 8.84. The maximum absolute atomic E-state index is 9.48. The molecule has 1 atom stereocenters. The number of fused-ring (bicyclic) bond motifs is 3. The van der Waals surface area contributed by atoms with Gasteiger partial charge in [0.25, 0.3) is 0 Å². The number of hydrogen-bond donors (Lipinski definition) is 1. The number of rotatable bonds is 0. The van der Waals surface area contributed by atoms with Gasteiger partial charge in [0.2, 0.25) is 0 Å². The average molecular weight is 173 g/mol. The second-order valence-corrected chi connectivity index (χ2v) is 3.66. The summed E-state index contributed by atoms with van der Waals surface area (Å²) in [6.45, 7) is 0.753. The van der Waals surface area contributed by atoms with Crippen LogP contribution in [0.3, 0.4) is 0 Å². The molecule has 2 aromatic rings. The lowest BCUT2D eigenvalue weighted by Crippen LogP contribution is -2.06. The van der Waals surface area contributed by atoms with E-state index in [0.29, 0.717) is 0 Å². The Morgan fingerprint density at radius 3 is 3.08 bits per heavy atom. The predicted octanol–water partition coefficient (Wildman–Crippen LogP) is 1.56. The maximum atomic E-state index is 9.48. The zero-order valence-electron chi connectivity index (χ0n) is 7.27. The van der Waals surface area contributed by atoms with Crippen molar-refractivity contribution < 1.29 is 5.11 Å². The molecule has 0 saturated heterocycles. The van der Waals surface area contributed by atoms with E-state index in [1.54, 1.807) is 0 Å². The summed E-state index contributed by atoms with van der Waals surface area (Å²) < 4.78 is 2.21. The van der Waals surface area contributed by atoms with Crippen molar-refractivity contribution in [3.63, 3.8) is 0 Å². The van der Waals surface area contributed by atoms with Gasteiger partial charge in [-0.05, 0) is 17.5 Å². The highest BCUT2D eigenvalue weighted by molar-refractivity contribution is 5.81. The summed E-state index contributed by atoms with van der Waals surface area (Å²) in [5.41, 5.74) is 2.50. The lowest BCUT2D eigenvalue weighted by molar-refractivity contribution is 0.176. The van der Waals surface area contributed by atoms with Gasteiger partial charge in [-0.15, -0.1) is 0 Å². The Morgan fingerprint density at radius 1 is 1.31 bits per heavy atom. The Bertz CT molecular complexity index is 458. The third-order valence-corrected chi connectivity index (χ3v) is 2.73. The van der Waals surface area contributed by atoms with Crippen molar-refractivity contribution in [1.29, 1.82) is 0 Å². The Labute approximate surface area is 76.4 Å². The topological polar surface area (TPSA) is 25.2 Å². The van der Waals surface area contributed by atoms with Crippen LogP contribution in [0.1, 0.15) is 5.69 Å². The van der Waals surface area contributed by atoms with Crippen molar-refractivity contribution in [3.05, 3.63) is 36.0 Å². The molecule has 0 saturated carbocycles. The second-order valence-electron chi connectivity index (χ2n) is 3.66. The molecule has 2 nitrogen and oxygen atoms in total. The predicted molar refractivity (Wildman–Crippen MR) is 51.6 cm³/mol. The normalized spacial score (nSPS) is 20.8. The summed E-state index contributed by atoms with van der Waals surface area (Å²) in [5.74, 6) is 0. The summed E-state index contributed by atoms with van der Waals surface area (Å²) in [4.78, 5) is 0. The van der Waals surface area contributed by atoms with Crippen molar-refractivity contribution in [2.24, 2.45) is 0 Å². The van der Waals surface area contributed by atoms with Crippen LogP contribution in [0.5, 0.6) is 0 Å². The van der Waals surface area contributed by atoms with E-state index in [-0.39, 0.29) is 6.10 Å². The monoisotopic (exact) mass is 173 g/mol. The first kappa shape index (κ1) is 7.15. The summed E-state index contributed by atoms with van der Waals surface area (Å²) >= 11 is 0. The molecule has 1 aromatic heterocycles. The lowest BCUT2D eigenvalue weighted by Gasteiger charge is -2.01. The van der Waals surface area contributed by atoms with Crippen molar-refractivity contribution in [2.45, 2.75) is 19.1 Å². The van der Waals surface area contributed by atoms with E-state index < -0.39 is 0 Å². The largest absolute Gasteiger partial charge is 0.391 e. The van der Waals surface area contributed by atoms with Gasteiger partial charge in [0.15, 0.2) is 0 Å². The van der Waals surface area contributed by atoms with Crippen LogP contribution in [0.25, 0.3) is 10.9 Å². The fourth-order valence-electron chi connectivity index (χ4n) is 2.17. The van der Waals surface area contributed by atoms with Gasteiger partial charge in [-0.2, -0.15) is 0 Å². The molecular weight excluding hydrogens is 162 g/mol. The first-order valence-corrected chi connectivity index (χ1v) is 4.60. The number of para-hydroxylation sites is 1. The van der Waals surface area contributed by atoms with Gasteiger partial charge in [-0.3, -0.25) is 0 Å². The standard InChI is InChI=1S/C11H11NO/c13-10-6-9-5-8-3-1-2-4-11(8)12(9)7-10/h1-5,10,13H,6-7H2. The highest BCUT2D eigenvalue weighted by atomic mass is 16.3. The summed E-state index contributed by atoms with van der Waals surface area (Å²) in [6, 6.07) is 10.5. The fourth-order valence-corrected chi connectivity index (χ4v) is 2.17. The molecule has 13 heavy (non-hydrogen) atoms. The highest BCUT2D eigenvalue weighted by Crippen LogP contribution is 2.25. The van der Waals surface area contributed by atoms with E-state index in [0.717, 1.165) is 13.0 Å². The molecule has 1 N–H and O–H groups in total. The Kier molecular flexibility index (Phi) is 1.30. The molecule has 0 radical (unpaired) electrons. The number of aromatic nitrogens is 1. The van der Waals surface area contributed by atoms with Crippen LogP contribution >= 0.6 is 0 Å². The molecule has 1 unspecified atom stereocenters. The molecule has 0 amide bonds. The molecule has 66 valence electrons. The van der Waals surface area contributed by atoms with Gasteiger partial charge in [-0.1, -0.05) is 18.2 Å². The van der Waals surface area contributed by atoms with Crippen LogP contribution in [0.2, 0.25) is 0 Å². The molecule has 1 aliphatic rings. The minimum atomic E-state index is -0.181. The number of hydrogen-bond acceptors (Lipinski definition) is 1. The second kappa shape index (κ2) is 2.36. The van der Waals surface area contributed by atoms with Crippen LogP contribution in [0.15, 0.2) is 30.3 Å². The molecule has 2 heterocycles. The minimum Gasteiger partial charge on any atom is -0.391 e. The van der Waals surface area contributed by atoms with Crippen molar-refractivity contribution >= 4 is 10.9 Å². The van der Waals surface area contributed by atoms with Gasteiger partial charge in [-0.25, -0.2) is 0 Å². The Balaban J connectivity index is 2.31. The third-order valence-electron chi connectivity index (χ3n) is 2.73. The van der Waals surface area contributed by atoms with Crippen molar-refractivity contribution in [1.82, 2.24) is 4.57 Å². The summed E-state index contributed by atoms with van der Waals surface area (Å²) in [7, 11) is 0. The molecule has 0 fully saturated rings. The number of aliphatic hydroxyl groups is 1. The van der Waals surface area contributed by atoms with Gasteiger partial charge >= 0.3 is 0 Å². The van der Waals surface area contributed by atoms with Gasteiger partial charge < -0.3 is 9.67 Å². The average Bonchev–Trinajstić information content (AvgIpc) is 2.60. The summed E-state index contributed by atoms with van der Waals surface area (Å²) in [5, 5.41) is 10.8. The first-order chi connectivity index (χ1) is 6.34. The van der Waals surface area contributed by atoms with Crippen molar-refractivity contribution in [2.75, 3.05) is 0 Å². The van der Waals surface area contributed by atoms with E-state index in [1.165, 1.54) is 16.6 Å². The molecule has 0 bridgehead atoms. The van der Waals surface area contributed by atoms with E-state index in [4.69, 9.17) is 0 Å². The van der Waals surface area contributed by atoms with Crippen molar-refractivity contribution in [3.8, 4) is 0 Å². The van der Waals surface area contributed by atoms with E-state index in [9.17, 15) is 5.11 Å². The Hall–Kier alpha value is -1.28. The SMILES string of the molecule is OC1Cc2cc3ccccc3n2C1. The fraction of sp³-hybridized carbons (Fsp3) is 0.273. The zero-order valence-corrected chi connectivity index (χ0v) is 7.27. The van der Waals surface area contributed by atoms with Gasteiger partial charge in [0, 0.05) is 24.2 Å². The molecule has 1 aliphatic heterocycles. The molecule has 0 aliphatic carbocycles. The van der Waals surface area contributed by atoms with Gasteiger partial charge in [0.1, 0.15) is 0 Å². The lowest BCUT2D eigenvalue weighted by atomic mass is 10.2. The van der Waals surface area contributed by atoms with Crippen LogP contribution in [-0.2, 0) is 13.0 Å². The van der Waals surface area contributed by atoms with Gasteiger partial charge in [0.05, 0.1) is 6.10 Å². The first-order valence-electron chi connectivity index (χ1n) is 4.60. The van der Waals surface area contributed by atoms with E-state index in [1.807, 2.05) is 6.07 Å². The smallest absolute Gasteiger partial charge is 0.0773 e. The number of benzene rings is 1. The maximum Gasteiger partial charge on any atom is 0.0773 e. The molecule has 3 rings (SSSR count). The van der Waals surface area contributed by atoms with Crippen LogP contribution in [-0.4, -0.2) is 15.8 Å². The van der Waals surface area contributed by atoms with E-state index in [2.05, 4.69) is 28.8 Å². The van der Waals surface area contributed by atoms with E-state index >= 15 is 0 Å². The quantitative estimate of drug-likeness (QED) is 0.642. The van der Waals surface area contributed by atoms with Crippen LogP contribution in [0, 0.1) is 0 Å². The van der Waals surface area contributed by atoms with Crippen LogP contribution in [0.4, 0.5) is 0 Å². The number of nitrogens with zero attached hydrogens (tertiary/aromatic N) is 1. The van der Waals surface area contributed by atoms with Crippen LogP contribution < -0.4 is 0 Å². The molecule has 2 heteroatoms. The third kappa shape index (κ3) is 0.923. The molecule has 0 spiro atoms. The summed E-state index contributed by atoms with van der Waals surface area (Å²) in [6.07, 6.45) is 0.619. The Morgan fingerprint density at radius 2 is 2.15 bits per heavy atom. The minimum absolute atomic E-state index is 0.181. The molecular formula is C11H11NO. The number of aliphatic hydroxyl groups excluding tert-OH is 1.